The Morgan fingerprint density at radius 1 is 1.22 bits per heavy atom. The van der Waals surface area contributed by atoms with E-state index in [1.807, 2.05) is 13.0 Å². The van der Waals surface area contributed by atoms with Crippen LogP contribution in [0, 0.1) is 18.2 Å². The molecule has 1 amide bonds. The van der Waals surface area contributed by atoms with Crippen LogP contribution in [0.2, 0.25) is 0 Å². The fraction of sp³-hybridized carbons (Fsp3) is 0.167. The standard InChI is InChI=1S/C24H20FN7O3S2/c1-13-5-4-8-32-19(13)27-20-16(22(32)35)11-15(18(26)31(20)9-10-33)21(34)28-23-29-30-24(37-23)36-12-14-6-2-3-7-17(14)25/h2-8,11,26,33H,9-10,12H2,1H3,(H,28,29,34). The zero-order valence-electron chi connectivity index (χ0n) is 19.4. The fourth-order valence-corrected chi connectivity index (χ4v) is 5.56. The molecule has 5 aromatic rings. The first-order valence-electron chi connectivity index (χ1n) is 11.1. The molecule has 0 radical (unpaired) electrons. The van der Waals surface area contributed by atoms with Crippen molar-refractivity contribution in [3.05, 3.63) is 87.0 Å². The van der Waals surface area contributed by atoms with E-state index in [0.717, 1.165) is 16.9 Å². The average Bonchev–Trinajstić information content (AvgIpc) is 3.33. The van der Waals surface area contributed by atoms with Crippen LogP contribution in [-0.4, -0.2) is 41.8 Å². The van der Waals surface area contributed by atoms with E-state index in [2.05, 4.69) is 20.5 Å². The van der Waals surface area contributed by atoms with Crippen LogP contribution >= 0.6 is 23.1 Å². The first-order chi connectivity index (χ1) is 17.9. The third kappa shape index (κ3) is 4.75. The Morgan fingerprint density at radius 3 is 2.81 bits per heavy atom. The van der Waals surface area contributed by atoms with Crippen molar-refractivity contribution in [2.45, 2.75) is 23.6 Å². The lowest BCUT2D eigenvalue weighted by molar-refractivity contribution is 0.102. The quantitative estimate of drug-likeness (QED) is 0.165. The summed E-state index contributed by atoms with van der Waals surface area (Å²) in [5.74, 6) is -0.617. The predicted octanol–water partition coefficient (Wildman–Crippen LogP) is 2.96. The number of carbonyl (C=O) groups is 1. The molecule has 0 fully saturated rings. The SMILES string of the molecule is Cc1cccn2c(=O)c3cc(C(=O)Nc4nnc(SCc5ccccc5F)s4)c(=N)n(CCO)c3nc12. The third-order valence-electron chi connectivity index (χ3n) is 5.64. The van der Waals surface area contributed by atoms with E-state index in [0.29, 0.717) is 21.3 Å². The molecule has 3 N–H and O–H groups in total. The molecule has 4 heterocycles. The number of aliphatic hydroxyl groups excluding tert-OH is 1. The van der Waals surface area contributed by atoms with Gasteiger partial charge in [0.15, 0.2) is 4.34 Å². The van der Waals surface area contributed by atoms with E-state index in [1.165, 1.54) is 32.9 Å². The normalized spacial score (nSPS) is 11.3. The van der Waals surface area contributed by atoms with Gasteiger partial charge in [0.05, 0.1) is 17.6 Å². The van der Waals surface area contributed by atoms with Crippen LogP contribution in [0.15, 0.2) is 57.8 Å². The van der Waals surface area contributed by atoms with Crippen molar-refractivity contribution < 1.29 is 14.3 Å². The van der Waals surface area contributed by atoms with Gasteiger partial charge in [0.25, 0.3) is 11.5 Å². The van der Waals surface area contributed by atoms with Crippen LogP contribution in [0.25, 0.3) is 16.7 Å². The summed E-state index contributed by atoms with van der Waals surface area (Å²) in [6.45, 7) is 1.48. The fourth-order valence-electron chi connectivity index (χ4n) is 3.83. The highest BCUT2D eigenvalue weighted by atomic mass is 32.2. The molecule has 0 saturated heterocycles. The van der Waals surface area contributed by atoms with Gasteiger partial charge in [-0.2, -0.15) is 0 Å². The largest absolute Gasteiger partial charge is 0.395 e. The van der Waals surface area contributed by atoms with Crippen molar-refractivity contribution in [2.24, 2.45) is 0 Å². The maximum Gasteiger partial charge on any atom is 0.267 e. The van der Waals surface area contributed by atoms with Gasteiger partial charge in [0.2, 0.25) is 5.13 Å². The summed E-state index contributed by atoms with van der Waals surface area (Å²) in [5.41, 5.74) is 1.25. The molecule has 0 aliphatic rings. The number of thioether (sulfide) groups is 1. The summed E-state index contributed by atoms with van der Waals surface area (Å²) in [7, 11) is 0. The zero-order chi connectivity index (χ0) is 26.1. The van der Waals surface area contributed by atoms with Crippen molar-refractivity contribution in [1.82, 2.24) is 24.1 Å². The molecule has 0 bridgehead atoms. The summed E-state index contributed by atoms with van der Waals surface area (Å²) >= 11 is 2.39. The maximum absolute atomic E-state index is 13.9. The Bertz CT molecular complexity index is 1780. The second kappa shape index (κ2) is 10.2. The van der Waals surface area contributed by atoms with Gasteiger partial charge in [-0.15, -0.1) is 10.2 Å². The van der Waals surface area contributed by atoms with Gasteiger partial charge in [-0.3, -0.25) is 24.7 Å². The molecule has 0 atom stereocenters. The van der Waals surface area contributed by atoms with Crippen molar-refractivity contribution >= 4 is 50.8 Å². The first-order valence-corrected chi connectivity index (χ1v) is 12.9. The predicted molar refractivity (Wildman–Crippen MR) is 138 cm³/mol. The number of nitrogens with zero attached hydrogens (tertiary/aromatic N) is 5. The number of nitrogens with one attached hydrogen (secondary N) is 2. The number of benzene rings is 1. The number of pyridine rings is 2. The Balaban J connectivity index is 1.47. The average molecular weight is 538 g/mol. The van der Waals surface area contributed by atoms with E-state index < -0.39 is 11.5 Å². The third-order valence-corrected chi connectivity index (χ3v) is 7.66. The van der Waals surface area contributed by atoms with E-state index in [4.69, 9.17) is 5.41 Å². The van der Waals surface area contributed by atoms with Crippen molar-refractivity contribution in [3.63, 3.8) is 0 Å². The monoisotopic (exact) mass is 537 g/mol. The number of aromatic nitrogens is 5. The van der Waals surface area contributed by atoms with E-state index in [1.54, 1.807) is 30.5 Å². The number of aliphatic hydroxyl groups is 1. The summed E-state index contributed by atoms with van der Waals surface area (Å²) < 4.78 is 17.1. The number of rotatable bonds is 7. The van der Waals surface area contributed by atoms with Crippen LogP contribution in [0.4, 0.5) is 9.52 Å². The van der Waals surface area contributed by atoms with Gasteiger partial charge in [-0.25, -0.2) is 9.37 Å². The van der Waals surface area contributed by atoms with Crippen LogP contribution in [0.5, 0.6) is 0 Å². The molecule has 0 saturated carbocycles. The molecule has 0 unspecified atom stereocenters. The number of fused-ring (bicyclic) bond motifs is 2. The first kappa shape index (κ1) is 24.7. The second-order valence-corrected chi connectivity index (χ2v) is 10.2. The summed E-state index contributed by atoms with van der Waals surface area (Å²) in [4.78, 5) is 31.0. The Hall–Kier alpha value is -3.94. The van der Waals surface area contributed by atoms with Gasteiger partial charge in [0.1, 0.15) is 22.6 Å². The minimum Gasteiger partial charge on any atom is -0.395 e. The Morgan fingerprint density at radius 2 is 2.03 bits per heavy atom. The summed E-state index contributed by atoms with van der Waals surface area (Å²) in [5, 5.41) is 29.2. The minimum atomic E-state index is -0.658. The van der Waals surface area contributed by atoms with Gasteiger partial charge in [0, 0.05) is 18.5 Å². The minimum absolute atomic E-state index is 0.0272. The number of anilines is 1. The molecule has 13 heteroatoms. The van der Waals surface area contributed by atoms with Crippen LogP contribution in [0.1, 0.15) is 21.5 Å². The highest BCUT2D eigenvalue weighted by Gasteiger charge is 2.19. The number of aryl methyl sites for hydroxylation is 1. The molecule has 4 aromatic heterocycles. The van der Waals surface area contributed by atoms with Gasteiger partial charge in [-0.1, -0.05) is 47.4 Å². The number of hydrogen-bond donors (Lipinski definition) is 3. The smallest absolute Gasteiger partial charge is 0.267 e. The van der Waals surface area contributed by atoms with E-state index in [9.17, 15) is 19.1 Å². The molecule has 0 aliphatic heterocycles. The maximum atomic E-state index is 13.9. The van der Waals surface area contributed by atoms with Crippen LogP contribution in [0.3, 0.4) is 0 Å². The van der Waals surface area contributed by atoms with Crippen LogP contribution < -0.4 is 16.4 Å². The summed E-state index contributed by atoms with van der Waals surface area (Å²) in [6.07, 6.45) is 1.59. The molecule has 188 valence electrons. The molecule has 37 heavy (non-hydrogen) atoms. The lowest BCUT2D eigenvalue weighted by Crippen LogP contribution is -2.33. The molecule has 0 spiro atoms. The molecule has 5 rings (SSSR count). The number of amides is 1. The molecular weight excluding hydrogens is 517 g/mol. The lowest BCUT2D eigenvalue weighted by Gasteiger charge is -2.14. The highest BCUT2D eigenvalue weighted by molar-refractivity contribution is 8.00. The van der Waals surface area contributed by atoms with Crippen molar-refractivity contribution in [1.29, 1.82) is 5.41 Å². The summed E-state index contributed by atoms with van der Waals surface area (Å²) in [6, 6.07) is 11.3. The van der Waals surface area contributed by atoms with Crippen LogP contribution in [-0.2, 0) is 12.3 Å². The van der Waals surface area contributed by atoms with Crippen molar-refractivity contribution in [3.8, 4) is 0 Å². The number of carbonyl (C=O) groups excluding carboxylic acids is 1. The molecule has 0 aliphatic carbocycles. The van der Waals surface area contributed by atoms with Gasteiger partial charge in [-0.05, 0) is 36.2 Å². The molecule has 10 nitrogen and oxygen atoms in total. The number of hydrogen-bond acceptors (Lipinski definition) is 9. The topological polar surface area (TPSA) is 138 Å². The van der Waals surface area contributed by atoms with Crippen molar-refractivity contribution in [2.75, 3.05) is 11.9 Å². The van der Waals surface area contributed by atoms with E-state index >= 15 is 0 Å². The Labute approximate surface area is 217 Å². The second-order valence-electron chi connectivity index (χ2n) is 8.03. The molecule has 1 aromatic carbocycles. The zero-order valence-corrected chi connectivity index (χ0v) is 21.1. The van der Waals surface area contributed by atoms with Gasteiger partial charge < -0.3 is 9.67 Å². The molecular formula is C24H20FN7O3S2. The van der Waals surface area contributed by atoms with E-state index in [-0.39, 0.29) is 46.2 Å². The lowest BCUT2D eigenvalue weighted by atomic mass is 10.2. The number of halogens is 1. The highest BCUT2D eigenvalue weighted by Crippen LogP contribution is 2.29. The van der Waals surface area contributed by atoms with Gasteiger partial charge >= 0.3 is 0 Å². The Kier molecular flexibility index (Phi) is 6.82.